The standard InChI is InChI=1S/C25H39NO9/c1-15(12-18-10-11-20(32-17(3)28)21(33-18)14-31-16(2)27)13-19(22(29)34-24(4,5)6)26-23(30)35-25(7,8)9/h10-11,18-21H,1,12-14H2,2-9H3,(H,26,30)/t18-,19-,20-,21+/m0/s1. The summed E-state index contributed by atoms with van der Waals surface area (Å²) in [7, 11) is 0. The molecule has 1 aliphatic heterocycles. The van der Waals surface area contributed by atoms with Crippen molar-refractivity contribution in [2.75, 3.05) is 6.61 Å². The molecule has 1 aliphatic rings. The van der Waals surface area contributed by atoms with Gasteiger partial charge in [-0.1, -0.05) is 18.2 Å². The molecule has 1 amide bonds. The number of amides is 1. The first-order valence-electron chi connectivity index (χ1n) is 11.5. The fourth-order valence-electron chi connectivity index (χ4n) is 3.13. The second-order valence-corrected chi connectivity index (χ2v) is 10.4. The monoisotopic (exact) mass is 497 g/mol. The highest BCUT2D eigenvalue weighted by Crippen LogP contribution is 2.23. The molecule has 1 N–H and O–H groups in total. The SMILES string of the molecule is C=C(C[C@H](NC(=O)OC(C)(C)C)C(=O)OC(C)(C)C)C[C@@H]1C=C[C@H](OC(C)=O)[C@@H](COC(C)=O)O1. The molecule has 1 heterocycles. The van der Waals surface area contributed by atoms with E-state index in [9.17, 15) is 19.2 Å². The maximum atomic E-state index is 12.8. The summed E-state index contributed by atoms with van der Waals surface area (Å²) in [4.78, 5) is 47.7. The molecule has 10 nitrogen and oxygen atoms in total. The topological polar surface area (TPSA) is 126 Å². The molecule has 0 aliphatic carbocycles. The van der Waals surface area contributed by atoms with Crippen LogP contribution in [-0.4, -0.2) is 66.2 Å². The summed E-state index contributed by atoms with van der Waals surface area (Å²) < 4.78 is 27.0. The first-order chi connectivity index (χ1) is 15.9. The number of carbonyl (C=O) groups is 4. The van der Waals surface area contributed by atoms with Crippen LogP contribution in [0.5, 0.6) is 0 Å². The Balaban J connectivity index is 2.90. The van der Waals surface area contributed by atoms with E-state index < -0.39 is 59.6 Å². The summed E-state index contributed by atoms with van der Waals surface area (Å²) in [6, 6.07) is -1.02. The quantitative estimate of drug-likeness (QED) is 0.290. The van der Waals surface area contributed by atoms with Gasteiger partial charge in [0, 0.05) is 13.8 Å². The van der Waals surface area contributed by atoms with Gasteiger partial charge in [0.05, 0.1) is 6.10 Å². The van der Waals surface area contributed by atoms with Crippen LogP contribution in [0.1, 0.15) is 68.2 Å². The van der Waals surface area contributed by atoms with E-state index in [0.29, 0.717) is 12.0 Å². The van der Waals surface area contributed by atoms with Crippen LogP contribution in [0, 0.1) is 0 Å². The molecule has 198 valence electrons. The largest absolute Gasteiger partial charge is 0.463 e. The fraction of sp³-hybridized carbons (Fsp3) is 0.680. The third-order valence-electron chi connectivity index (χ3n) is 4.35. The Morgan fingerprint density at radius 2 is 1.57 bits per heavy atom. The van der Waals surface area contributed by atoms with Crippen molar-refractivity contribution in [2.45, 2.75) is 104 Å². The highest BCUT2D eigenvalue weighted by atomic mass is 16.6. The van der Waals surface area contributed by atoms with E-state index in [2.05, 4.69) is 11.9 Å². The number of esters is 3. The average molecular weight is 498 g/mol. The van der Waals surface area contributed by atoms with Gasteiger partial charge >= 0.3 is 24.0 Å². The summed E-state index contributed by atoms with van der Waals surface area (Å²) in [6.07, 6.45) is 1.14. The van der Waals surface area contributed by atoms with Crippen molar-refractivity contribution in [3.05, 3.63) is 24.3 Å². The number of alkyl carbamates (subject to hydrolysis) is 1. The van der Waals surface area contributed by atoms with Crippen molar-refractivity contribution >= 4 is 24.0 Å². The van der Waals surface area contributed by atoms with Gasteiger partial charge in [-0.2, -0.15) is 0 Å². The minimum Gasteiger partial charge on any atom is -0.463 e. The first kappa shape index (κ1) is 30.2. The third-order valence-corrected chi connectivity index (χ3v) is 4.35. The Morgan fingerprint density at radius 1 is 0.971 bits per heavy atom. The van der Waals surface area contributed by atoms with E-state index in [-0.39, 0.29) is 13.0 Å². The van der Waals surface area contributed by atoms with Crippen LogP contribution in [0.2, 0.25) is 0 Å². The van der Waals surface area contributed by atoms with Crippen molar-refractivity contribution < 1.29 is 42.9 Å². The molecule has 0 aromatic rings. The van der Waals surface area contributed by atoms with Crippen LogP contribution in [0.15, 0.2) is 24.3 Å². The molecule has 1 rings (SSSR count). The molecule has 0 saturated carbocycles. The molecule has 0 fully saturated rings. The lowest BCUT2D eigenvalue weighted by Gasteiger charge is -2.32. The zero-order valence-corrected chi connectivity index (χ0v) is 22.0. The minimum atomic E-state index is -1.02. The van der Waals surface area contributed by atoms with Gasteiger partial charge in [0.15, 0.2) is 0 Å². The summed E-state index contributed by atoms with van der Waals surface area (Å²) in [5.41, 5.74) is -0.892. The van der Waals surface area contributed by atoms with Gasteiger partial charge in [0.1, 0.15) is 36.1 Å². The molecule has 0 spiro atoms. The Morgan fingerprint density at radius 3 is 2.09 bits per heavy atom. The van der Waals surface area contributed by atoms with Crippen molar-refractivity contribution in [3.63, 3.8) is 0 Å². The highest BCUT2D eigenvalue weighted by Gasteiger charge is 2.33. The van der Waals surface area contributed by atoms with E-state index >= 15 is 0 Å². The van der Waals surface area contributed by atoms with Crippen molar-refractivity contribution in [1.82, 2.24) is 5.32 Å². The molecule has 0 aromatic heterocycles. The average Bonchev–Trinajstić information content (AvgIpc) is 2.64. The predicted octanol–water partition coefficient (Wildman–Crippen LogP) is 3.38. The van der Waals surface area contributed by atoms with Crippen LogP contribution in [-0.2, 0) is 38.1 Å². The number of nitrogens with one attached hydrogen (secondary N) is 1. The molecular weight excluding hydrogens is 458 g/mol. The second-order valence-electron chi connectivity index (χ2n) is 10.4. The van der Waals surface area contributed by atoms with Gasteiger partial charge in [-0.15, -0.1) is 0 Å². The number of carbonyl (C=O) groups excluding carboxylic acids is 4. The smallest absolute Gasteiger partial charge is 0.408 e. The zero-order chi connectivity index (χ0) is 27.0. The van der Waals surface area contributed by atoms with Crippen LogP contribution in [0.3, 0.4) is 0 Å². The fourth-order valence-corrected chi connectivity index (χ4v) is 3.13. The van der Waals surface area contributed by atoms with E-state index in [1.54, 1.807) is 53.7 Å². The van der Waals surface area contributed by atoms with Crippen molar-refractivity contribution in [2.24, 2.45) is 0 Å². The summed E-state index contributed by atoms with van der Waals surface area (Å²) >= 11 is 0. The van der Waals surface area contributed by atoms with Gasteiger partial charge in [0.2, 0.25) is 0 Å². The van der Waals surface area contributed by atoms with Crippen LogP contribution in [0.25, 0.3) is 0 Å². The van der Waals surface area contributed by atoms with Gasteiger partial charge in [-0.3, -0.25) is 9.59 Å². The third kappa shape index (κ3) is 13.0. The maximum Gasteiger partial charge on any atom is 0.408 e. The summed E-state index contributed by atoms with van der Waals surface area (Å²) in [5.74, 6) is -1.60. The van der Waals surface area contributed by atoms with E-state index in [0.717, 1.165) is 0 Å². The first-order valence-corrected chi connectivity index (χ1v) is 11.5. The lowest BCUT2D eigenvalue weighted by molar-refractivity contribution is -0.163. The Kier molecular flexibility index (Phi) is 11.0. The van der Waals surface area contributed by atoms with Crippen LogP contribution in [0.4, 0.5) is 4.79 Å². The Hall–Kier alpha value is -2.88. The predicted molar refractivity (Wildman–Crippen MR) is 127 cm³/mol. The zero-order valence-electron chi connectivity index (χ0n) is 22.0. The lowest BCUT2D eigenvalue weighted by Crippen LogP contribution is -2.46. The van der Waals surface area contributed by atoms with Crippen molar-refractivity contribution in [3.8, 4) is 0 Å². The Bertz CT molecular complexity index is 820. The van der Waals surface area contributed by atoms with E-state index in [1.165, 1.54) is 13.8 Å². The minimum absolute atomic E-state index is 0.0871. The lowest BCUT2D eigenvalue weighted by atomic mass is 9.99. The molecular formula is C25H39NO9. The molecule has 0 bridgehead atoms. The highest BCUT2D eigenvalue weighted by molar-refractivity contribution is 5.82. The van der Waals surface area contributed by atoms with Gasteiger partial charge < -0.3 is 29.0 Å². The molecule has 0 aromatic carbocycles. The molecule has 0 saturated heterocycles. The van der Waals surface area contributed by atoms with Gasteiger partial charge in [-0.25, -0.2) is 9.59 Å². The molecule has 10 heteroatoms. The Labute approximate surface area is 207 Å². The number of hydrogen-bond donors (Lipinski definition) is 1. The van der Waals surface area contributed by atoms with E-state index in [1.807, 2.05) is 0 Å². The van der Waals surface area contributed by atoms with Gasteiger partial charge in [0.25, 0.3) is 0 Å². The number of rotatable bonds is 9. The molecule has 4 atom stereocenters. The van der Waals surface area contributed by atoms with E-state index in [4.69, 9.17) is 23.7 Å². The maximum absolute atomic E-state index is 12.8. The molecule has 0 radical (unpaired) electrons. The van der Waals surface area contributed by atoms with Crippen LogP contribution < -0.4 is 5.32 Å². The van der Waals surface area contributed by atoms with Crippen molar-refractivity contribution in [1.29, 1.82) is 0 Å². The summed E-state index contributed by atoms with van der Waals surface area (Å²) in [5, 5.41) is 2.56. The normalized spacial score (nSPS) is 20.9. The second kappa shape index (κ2) is 12.7. The number of hydrogen-bond acceptors (Lipinski definition) is 9. The summed E-state index contributed by atoms with van der Waals surface area (Å²) in [6.45, 7) is 16.8. The molecule has 35 heavy (non-hydrogen) atoms. The number of ether oxygens (including phenoxy) is 5. The molecule has 0 unspecified atom stereocenters. The van der Waals surface area contributed by atoms with Gasteiger partial charge in [-0.05, 0) is 60.5 Å². The van der Waals surface area contributed by atoms with Crippen LogP contribution >= 0.6 is 0 Å².